The van der Waals surface area contributed by atoms with Gasteiger partial charge in [-0.3, -0.25) is 0 Å². The van der Waals surface area contributed by atoms with Gasteiger partial charge in [-0.2, -0.15) is 10.2 Å². The summed E-state index contributed by atoms with van der Waals surface area (Å²) in [5, 5.41) is 7.68. The maximum atomic E-state index is 4.51. The van der Waals surface area contributed by atoms with E-state index in [2.05, 4.69) is 51.4 Å². The third kappa shape index (κ3) is 2.61. The lowest BCUT2D eigenvalue weighted by atomic mass is 10.2. The van der Waals surface area contributed by atoms with Crippen LogP contribution in [0, 0.1) is 0 Å². The highest BCUT2D eigenvalue weighted by molar-refractivity contribution is 7.99. The van der Waals surface area contributed by atoms with E-state index < -0.39 is 0 Å². The number of nitrogens with one attached hydrogen (secondary N) is 1. The molecule has 3 aromatic rings. The van der Waals surface area contributed by atoms with E-state index in [4.69, 9.17) is 0 Å². The SMILES string of the molecule is CCCSc1ccc(-c2nc3cnncc3[nH]2)cc1. The molecule has 3 rings (SSSR count). The monoisotopic (exact) mass is 270 g/mol. The van der Waals surface area contributed by atoms with Crippen molar-refractivity contribution in [1.82, 2.24) is 20.2 Å². The lowest BCUT2D eigenvalue weighted by Crippen LogP contribution is -1.81. The van der Waals surface area contributed by atoms with Gasteiger partial charge in [-0.1, -0.05) is 19.1 Å². The molecule has 2 heterocycles. The molecule has 19 heavy (non-hydrogen) atoms. The second-order valence-corrected chi connectivity index (χ2v) is 5.41. The Kier molecular flexibility index (Phi) is 3.46. The number of aromatic amines is 1. The number of benzene rings is 1. The van der Waals surface area contributed by atoms with E-state index in [9.17, 15) is 0 Å². The van der Waals surface area contributed by atoms with Crippen molar-refractivity contribution in [3.63, 3.8) is 0 Å². The van der Waals surface area contributed by atoms with Crippen molar-refractivity contribution in [1.29, 1.82) is 0 Å². The first kappa shape index (κ1) is 12.2. The molecule has 0 aliphatic carbocycles. The summed E-state index contributed by atoms with van der Waals surface area (Å²) in [6.45, 7) is 2.19. The number of fused-ring (bicyclic) bond motifs is 1. The second kappa shape index (κ2) is 5.40. The van der Waals surface area contributed by atoms with Crippen LogP contribution in [-0.2, 0) is 0 Å². The minimum absolute atomic E-state index is 0.842. The molecular weight excluding hydrogens is 256 g/mol. The first-order chi connectivity index (χ1) is 9.36. The van der Waals surface area contributed by atoms with E-state index in [1.807, 2.05) is 11.8 Å². The zero-order chi connectivity index (χ0) is 13.1. The summed E-state index contributed by atoms with van der Waals surface area (Å²) < 4.78 is 0. The number of hydrogen-bond donors (Lipinski definition) is 1. The first-order valence-corrected chi connectivity index (χ1v) is 7.25. The highest BCUT2D eigenvalue weighted by Gasteiger charge is 2.05. The number of H-pyrrole nitrogens is 1. The molecule has 0 spiro atoms. The van der Waals surface area contributed by atoms with Crippen molar-refractivity contribution in [2.45, 2.75) is 18.2 Å². The molecule has 0 amide bonds. The largest absolute Gasteiger partial charge is 0.337 e. The number of imidazole rings is 1. The minimum Gasteiger partial charge on any atom is -0.337 e. The van der Waals surface area contributed by atoms with Gasteiger partial charge >= 0.3 is 0 Å². The van der Waals surface area contributed by atoms with E-state index in [1.165, 1.54) is 11.3 Å². The number of aromatic nitrogens is 4. The smallest absolute Gasteiger partial charge is 0.138 e. The molecule has 0 radical (unpaired) electrons. The van der Waals surface area contributed by atoms with Crippen LogP contribution < -0.4 is 0 Å². The van der Waals surface area contributed by atoms with Gasteiger partial charge in [-0.25, -0.2) is 4.98 Å². The Balaban J connectivity index is 1.88. The number of nitrogens with zero attached hydrogens (tertiary/aromatic N) is 3. The van der Waals surface area contributed by atoms with Gasteiger partial charge in [-0.15, -0.1) is 11.8 Å². The Hall–Kier alpha value is -1.88. The van der Waals surface area contributed by atoms with Gasteiger partial charge in [0.1, 0.15) is 11.3 Å². The minimum atomic E-state index is 0.842. The fourth-order valence-electron chi connectivity index (χ4n) is 1.84. The summed E-state index contributed by atoms with van der Waals surface area (Å²) in [6.07, 6.45) is 4.55. The molecule has 0 fully saturated rings. The molecule has 2 aromatic heterocycles. The fraction of sp³-hybridized carbons (Fsp3) is 0.214. The van der Waals surface area contributed by atoms with Crippen LogP contribution in [0.4, 0.5) is 0 Å². The molecule has 0 unspecified atom stereocenters. The molecule has 5 heteroatoms. The van der Waals surface area contributed by atoms with Crippen molar-refractivity contribution in [2.24, 2.45) is 0 Å². The van der Waals surface area contributed by atoms with Crippen molar-refractivity contribution in [3.05, 3.63) is 36.7 Å². The normalized spacial score (nSPS) is 11.0. The molecule has 0 atom stereocenters. The Morgan fingerprint density at radius 3 is 2.63 bits per heavy atom. The maximum Gasteiger partial charge on any atom is 0.138 e. The Morgan fingerprint density at radius 2 is 1.89 bits per heavy atom. The van der Waals surface area contributed by atoms with E-state index in [0.29, 0.717) is 0 Å². The topological polar surface area (TPSA) is 54.5 Å². The van der Waals surface area contributed by atoms with Gasteiger partial charge < -0.3 is 4.98 Å². The predicted molar refractivity (Wildman–Crippen MR) is 78.1 cm³/mol. The van der Waals surface area contributed by atoms with Gasteiger partial charge in [0, 0.05) is 10.5 Å². The van der Waals surface area contributed by atoms with Gasteiger partial charge in [0.15, 0.2) is 0 Å². The van der Waals surface area contributed by atoms with Crippen LogP contribution in [0.1, 0.15) is 13.3 Å². The predicted octanol–water partition coefficient (Wildman–Crippen LogP) is 3.52. The zero-order valence-electron chi connectivity index (χ0n) is 10.6. The molecule has 0 aliphatic rings. The second-order valence-electron chi connectivity index (χ2n) is 4.25. The van der Waals surface area contributed by atoms with Crippen molar-refractivity contribution >= 4 is 22.8 Å². The summed E-state index contributed by atoms with van der Waals surface area (Å²) >= 11 is 1.88. The third-order valence-electron chi connectivity index (χ3n) is 2.80. The Bertz CT molecular complexity index is 642. The maximum absolute atomic E-state index is 4.51. The van der Waals surface area contributed by atoms with Crippen LogP contribution in [0.25, 0.3) is 22.4 Å². The third-order valence-corrected chi connectivity index (χ3v) is 4.01. The molecule has 1 N–H and O–H groups in total. The molecular formula is C14H14N4S. The molecule has 4 nitrogen and oxygen atoms in total. The average molecular weight is 270 g/mol. The molecule has 0 aliphatic heterocycles. The number of thioether (sulfide) groups is 1. The zero-order valence-corrected chi connectivity index (χ0v) is 11.4. The Morgan fingerprint density at radius 1 is 1.11 bits per heavy atom. The van der Waals surface area contributed by atoms with E-state index >= 15 is 0 Å². The number of rotatable bonds is 4. The van der Waals surface area contributed by atoms with Gasteiger partial charge in [0.25, 0.3) is 0 Å². The van der Waals surface area contributed by atoms with Crippen LogP contribution >= 0.6 is 11.8 Å². The summed E-state index contributed by atoms with van der Waals surface area (Å²) in [5.41, 5.74) is 2.83. The molecule has 96 valence electrons. The summed E-state index contributed by atoms with van der Waals surface area (Å²) in [5.74, 6) is 2.01. The average Bonchev–Trinajstić information content (AvgIpc) is 2.89. The van der Waals surface area contributed by atoms with Crippen LogP contribution in [0.3, 0.4) is 0 Å². The lowest BCUT2D eigenvalue weighted by Gasteiger charge is -2.01. The van der Waals surface area contributed by atoms with Crippen LogP contribution in [0.2, 0.25) is 0 Å². The first-order valence-electron chi connectivity index (χ1n) is 6.26. The summed E-state index contributed by atoms with van der Waals surface area (Å²) in [7, 11) is 0. The molecule has 0 saturated carbocycles. The highest BCUT2D eigenvalue weighted by Crippen LogP contribution is 2.24. The summed E-state index contributed by atoms with van der Waals surface area (Å²) in [4.78, 5) is 9.06. The van der Waals surface area contributed by atoms with Gasteiger partial charge in [0.05, 0.1) is 17.9 Å². The quantitative estimate of drug-likeness (QED) is 0.737. The van der Waals surface area contributed by atoms with Gasteiger partial charge in [0.2, 0.25) is 0 Å². The van der Waals surface area contributed by atoms with Crippen molar-refractivity contribution in [2.75, 3.05) is 5.75 Å². The Labute approximate surface area is 115 Å². The van der Waals surface area contributed by atoms with Crippen molar-refractivity contribution in [3.8, 4) is 11.4 Å². The standard InChI is InChI=1S/C14H14N4S/c1-2-7-19-11-5-3-10(4-6-11)14-17-12-8-15-16-9-13(12)18-14/h3-6,8-9H,2,7H2,1H3,(H,17,18). The molecule has 0 bridgehead atoms. The van der Waals surface area contributed by atoms with E-state index in [1.54, 1.807) is 12.4 Å². The van der Waals surface area contributed by atoms with Crippen LogP contribution in [-0.4, -0.2) is 25.9 Å². The number of hydrogen-bond acceptors (Lipinski definition) is 4. The van der Waals surface area contributed by atoms with Crippen LogP contribution in [0.15, 0.2) is 41.6 Å². The van der Waals surface area contributed by atoms with E-state index in [-0.39, 0.29) is 0 Å². The fourth-order valence-corrected chi connectivity index (χ4v) is 2.61. The van der Waals surface area contributed by atoms with Gasteiger partial charge in [-0.05, 0) is 24.3 Å². The summed E-state index contributed by atoms with van der Waals surface area (Å²) in [6, 6.07) is 8.46. The van der Waals surface area contributed by atoms with Crippen molar-refractivity contribution < 1.29 is 0 Å². The molecule has 0 saturated heterocycles. The van der Waals surface area contributed by atoms with E-state index in [0.717, 1.165) is 28.2 Å². The van der Waals surface area contributed by atoms with Crippen LogP contribution in [0.5, 0.6) is 0 Å². The lowest BCUT2D eigenvalue weighted by molar-refractivity contribution is 1.05. The highest BCUT2D eigenvalue weighted by atomic mass is 32.2. The molecule has 1 aromatic carbocycles.